The Morgan fingerprint density at radius 2 is 2.14 bits per heavy atom. The van der Waals surface area contributed by atoms with Crippen LogP contribution in [0.15, 0.2) is 23.3 Å². The molecule has 0 spiro atoms. The summed E-state index contributed by atoms with van der Waals surface area (Å²) >= 11 is 11.6. The SMILES string of the molecule is NC1=NN(c2ccc(Cl)c(Cl)c2)NO1. The van der Waals surface area contributed by atoms with Crippen molar-refractivity contribution >= 4 is 34.9 Å². The van der Waals surface area contributed by atoms with Crippen molar-refractivity contribution in [1.82, 2.24) is 5.59 Å². The third-order valence-electron chi connectivity index (χ3n) is 1.58. The summed E-state index contributed by atoms with van der Waals surface area (Å²) in [5, 5.41) is 6.08. The summed E-state index contributed by atoms with van der Waals surface area (Å²) in [6.45, 7) is 0. The second-order valence-electron chi connectivity index (χ2n) is 2.54. The van der Waals surface area contributed by atoms with Gasteiger partial charge in [-0.05, 0) is 23.8 Å². The summed E-state index contributed by atoms with van der Waals surface area (Å²) in [5.74, 6) is 0. The average Bonchev–Trinajstić information content (AvgIpc) is 2.57. The van der Waals surface area contributed by atoms with Crippen LogP contribution in [0.4, 0.5) is 5.69 Å². The molecule has 1 heterocycles. The second kappa shape index (κ2) is 3.53. The molecule has 0 atom stereocenters. The molecule has 0 unspecified atom stereocenters. The van der Waals surface area contributed by atoms with Crippen molar-refractivity contribution in [3.05, 3.63) is 28.2 Å². The highest BCUT2D eigenvalue weighted by Crippen LogP contribution is 2.27. The van der Waals surface area contributed by atoms with Crippen LogP contribution in [0, 0.1) is 0 Å². The molecule has 1 aliphatic rings. The van der Waals surface area contributed by atoms with Crippen LogP contribution in [0.25, 0.3) is 0 Å². The van der Waals surface area contributed by atoms with E-state index in [1.807, 2.05) is 0 Å². The van der Waals surface area contributed by atoms with Crippen LogP contribution in [-0.2, 0) is 4.84 Å². The van der Waals surface area contributed by atoms with Crippen LogP contribution in [0.2, 0.25) is 10.0 Å². The van der Waals surface area contributed by atoms with E-state index in [-0.39, 0.29) is 6.02 Å². The zero-order valence-electron chi connectivity index (χ0n) is 6.87. The third kappa shape index (κ3) is 1.70. The molecule has 0 saturated heterocycles. The predicted octanol–water partition coefficient (Wildman–Crippen LogP) is 1.48. The van der Waals surface area contributed by atoms with E-state index in [0.717, 1.165) is 0 Å². The Bertz CT molecular complexity index is 395. The molecule has 1 aromatic rings. The summed E-state index contributed by atoms with van der Waals surface area (Å²) in [6, 6.07) is 5.07. The van der Waals surface area contributed by atoms with Crippen LogP contribution >= 0.6 is 23.2 Å². The van der Waals surface area contributed by atoms with E-state index in [1.54, 1.807) is 18.2 Å². The van der Waals surface area contributed by atoms with E-state index in [4.69, 9.17) is 33.8 Å². The number of hydrogen-bond acceptors (Lipinski definition) is 5. The van der Waals surface area contributed by atoms with Crippen LogP contribution in [0.1, 0.15) is 0 Å². The number of benzene rings is 1. The molecule has 0 fully saturated rings. The molecule has 0 bridgehead atoms. The van der Waals surface area contributed by atoms with Gasteiger partial charge in [-0.15, -0.1) is 0 Å². The van der Waals surface area contributed by atoms with E-state index in [0.29, 0.717) is 15.7 Å². The zero-order valence-corrected chi connectivity index (χ0v) is 8.38. The number of nitrogens with one attached hydrogen (secondary N) is 1. The zero-order chi connectivity index (χ0) is 10.1. The van der Waals surface area contributed by atoms with Crippen molar-refractivity contribution in [2.75, 3.05) is 5.12 Å². The minimum Gasteiger partial charge on any atom is -0.351 e. The minimum absolute atomic E-state index is 0.0380. The van der Waals surface area contributed by atoms with Crippen molar-refractivity contribution in [2.45, 2.75) is 0 Å². The van der Waals surface area contributed by atoms with E-state index in [2.05, 4.69) is 10.7 Å². The van der Waals surface area contributed by atoms with Gasteiger partial charge < -0.3 is 10.6 Å². The second-order valence-corrected chi connectivity index (χ2v) is 3.36. The summed E-state index contributed by atoms with van der Waals surface area (Å²) in [4.78, 5) is 4.72. The number of rotatable bonds is 1. The molecule has 5 nitrogen and oxygen atoms in total. The van der Waals surface area contributed by atoms with Gasteiger partial charge in [0.25, 0.3) is 0 Å². The average molecular weight is 233 g/mol. The molecule has 0 aromatic heterocycles. The molecule has 1 aromatic carbocycles. The fourth-order valence-electron chi connectivity index (χ4n) is 0.957. The van der Waals surface area contributed by atoms with Gasteiger partial charge in [-0.3, -0.25) is 0 Å². The quantitative estimate of drug-likeness (QED) is 0.771. The largest absolute Gasteiger partial charge is 0.351 e. The number of nitrogens with zero attached hydrogens (tertiary/aromatic N) is 2. The molecule has 2 rings (SSSR count). The molecular formula is C7H6Cl2N4O. The Kier molecular flexibility index (Phi) is 2.37. The summed E-state index contributed by atoms with van der Waals surface area (Å²) in [5.41, 5.74) is 8.45. The number of hydrazine groups is 1. The van der Waals surface area contributed by atoms with Gasteiger partial charge in [0.2, 0.25) is 0 Å². The number of hydrogen-bond donors (Lipinski definition) is 2. The maximum absolute atomic E-state index is 5.82. The topological polar surface area (TPSA) is 62.9 Å². The molecule has 1 aliphatic heterocycles. The fraction of sp³-hybridized carbons (Fsp3) is 0. The van der Waals surface area contributed by atoms with Gasteiger partial charge in [0.05, 0.1) is 15.7 Å². The molecular weight excluding hydrogens is 227 g/mol. The Morgan fingerprint density at radius 3 is 2.71 bits per heavy atom. The number of anilines is 1. The Balaban J connectivity index is 2.29. The van der Waals surface area contributed by atoms with E-state index >= 15 is 0 Å². The van der Waals surface area contributed by atoms with Crippen molar-refractivity contribution in [2.24, 2.45) is 10.8 Å². The van der Waals surface area contributed by atoms with Gasteiger partial charge >= 0.3 is 6.02 Å². The number of nitrogens with two attached hydrogens (primary N) is 1. The fourth-order valence-corrected chi connectivity index (χ4v) is 1.25. The molecule has 3 N–H and O–H groups in total. The first-order valence-electron chi connectivity index (χ1n) is 3.68. The first-order valence-corrected chi connectivity index (χ1v) is 4.44. The summed E-state index contributed by atoms with van der Waals surface area (Å²) < 4.78 is 0. The summed E-state index contributed by atoms with van der Waals surface area (Å²) in [6.07, 6.45) is 0. The van der Waals surface area contributed by atoms with Crippen LogP contribution in [0.5, 0.6) is 0 Å². The molecule has 0 saturated carbocycles. The van der Waals surface area contributed by atoms with Gasteiger partial charge in [-0.25, -0.2) is 0 Å². The third-order valence-corrected chi connectivity index (χ3v) is 2.32. The summed E-state index contributed by atoms with van der Waals surface area (Å²) in [7, 11) is 0. The Labute approximate surface area is 89.9 Å². The standard InChI is InChI=1S/C7H6Cl2N4O/c8-5-2-1-4(3-6(5)9)13-11-7(10)14-12-13/h1-3,12H,(H2,10,11). The number of halogens is 2. The Morgan fingerprint density at radius 1 is 1.36 bits per heavy atom. The highest BCUT2D eigenvalue weighted by atomic mass is 35.5. The first kappa shape index (κ1) is 9.39. The highest BCUT2D eigenvalue weighted by Gasteiger charge is 2.14. The monoisotopic (exact) mass is 232 g/mol. The van der Waals surface area contributed by atoms with Crippen LogP contribution in [0.3, 0.4) is 0 Å². The van der Waals surface area contributed by atoms with Crippen LogP contribution < -0.4 is 16.4 Å². The lowest BCUT2D eigenvalue weighted by atomic mass is 10.3. The maximum atomic E-state index is 5.82. The smallest absolute Gasteiger partial charge is 0.327 e. The van der Waals surface area contributed by atoms with E-state index in [1.165, 1.54) is 5.12 Å². The molecule has 0 amide bonds. The lowest BCUT2D eigenvalue weighted by molar-refractivity contribution is 0.199. The van der Waals surface area contributed by atoms with Crippen molar-refractivity contribution < 1.29 is 4.84 Å². The van der Waals surface area contributed by atoms with Crippen molar-refractivity contribution in [3.63, 3.8) is 0 Å². The molecule has 0 aliphatic carbocycles. The lowest BCUT2D eigenvalue weighted by Crippen LogP contribution is -2.27. The molecule has 14 heavy (non-hydrogen) atoms. The normalized spacial score (nSPS) is 15.3. The van der Waals surface area contributed by atoms with Gasteiger partial charge in [0, 0.05) is 0 Å². The molecule has 7 heteroatoms. The first-order chi connectivity index (χ1) is 6.66. The van der Waals surface area contributed by atoms with Gasteiger partial charge in [0.1, 0.15) is 0 Å². The predicted molar refractivity (Wildman–Crippen MR) is 54.8 cm³/mol. The number of amidine groups is 1. The molecule has 0 radical (unpaired) electrons. The van der Waals surface area contributed by atoms with Gasteiger partial charge in [-0.1, -0.05) is 28.3 Å². The van der Waals surface area contributed by atoms with E-state index < -0.39 is 0 Å². The highest BCUT2D eigenvalue weighted by molar-refractivity contribution is 6.42. The molecule has 74 valence electrons. The Hall–Kier alpha value is -1.17. The van der Waals surface area contributed by atoms with Crippen molar-refractivity contribution in [1.29, 1.82) is 0 Å². The van der Waals surface area contributed by atoms with Crippen LogP contribution in [-0.4, -0.2) is 6.02 Å². The van der Waals surface area contributed by atoms with Crippen molar-refractivity contribution in [3.8, 4) is 0 Å². The van der Waals surface area contributed by atoms with Gasteiger partial charge in [0.15, 0.2) is 0 Å². The lowest BCUT2D eigenvalue weighted by Gasteiger charge is -2.11. The minimum atomic E-state index is 0.0380. The van der Waals surface area contributed by atoms with Gasteiger partial charge in [-0.2, -0.15) is 5.12 Å². The number of hydrazone groups is 1. The van der Waals surface area contributed by atoms with E-state index in [9.17, 15) is 0 Å². The maximum Gasteiger partial charge on any atom is 0.327 e.